The van der Waals surface area contributed by atoms with Crippen molar-refractivity contribution < 1.29 is 17.7 Å². The van der Waals surface area contributed by atoms with Gasteiger partial charge in [-0.2, -0.15) is 8.42 Å². The number of phenols is 1. The van der Waals surface area contributed by atoms with Crippen LogP contribution in [0.3, 0.4) is 0 Å². The number of hydrogen-bond acceptors (Lipinski definition) is 4. The van der Waals surface area contributed by atoms with Crippen molar-refractivity contribution in [2.45, 2.75) is 4.90 Å². The number of hydrogen-bond donors (Lipinski definition) is 1. The average Bonchev–Trinajstić information content (AvgIpc) is 2.32. The number of benzene rings is 2. The summed E-state index contributed by atoms with van der Waals surface area (Å²) in [5, 5.41) is 9.61. The molecule has 0 aliphatic rings. The van der Waals surface area contributed by atoms with Gasteiger partial charge in [-0.05, 0) is 30.3 Å². The van der Waals surface area contributed by atoms with Gasteiger partial charge in [0.15, 0.2) is 0 Å². The van der Waals surface area contributed by atoms with Crippen molar-refractivity contribution in [3.05, 3.63) is 52.5 Å². The lowest BCUT2D eigenvalue weighted by molar-refractivity contribution is 0.463. The lowest BCUT2D eigenvalue weighted by Crippen LogP contribution is -2.09. The summed E-state index contributed by atoms with van der Waals surface area (Å²) in [6, 6.07) is 9.31. The molecule has 0 amide bonds. The highest BCUT2D eigenvalue weighted by Crippen LogP contribution is 2.27. The molecule has 0 saturated heterocycles. The van der Waals surface area contributed by atoms with Crippen molar-refractivity contribution >= 4 is 33.3 Å². The highest BCUT2D eigenvalue weighted by Gasteiger charge is 2.18. The fourth-order valence-corrected chi connectivity index (χ4v) is 2.66. The number of halogens is 2. The van der Waals surface area contributed by atoms with E-state index in [4.69, 9.17) is 27.4 Å². The van der Waals surface area contributed by atoms with Crippen LogP contribution in [0.1, 0.15) is 0 Å². The Morgan fingerprint density at radius 1 is 1.00 bits per heavy atom. The minimum Gasteiger partial charge on any atom is -0.508 e. The molecule has 100 valence electrons. The van der Waals surface area contributed by atoms with E-state index in [2.05, 4.69) is 0 Å². The summed E-state index contributed by atoms with van der Waals surface area (Å²) in [5.41, 5.74) is 0. The molecule has 2 aromatic carbocycles. The summed E-state index contributed by atoms with van der Waals surface area (Å²) in [7, 11) is -4.02. The van der Waals surface area contributed by atoms with Crippen molar-refractivity contribution in [3.8, 4) is 11.5 Å². The van der Waals surface area contributed by atoms with E-state index >= 15 is 0 Å². The van der Waals surface area contributed by atoms with Crippen LogP contribution in [0.5, 0.6) is 11.5 Å². The minimum atomic E-state index is -4.02. The van der Waals surface area contributed by atoms with Crippen molar-refractivity contribution in [1.82, 2.24) is 0 Å². The molecule has 0 bridgehead atoms. The molecule has 7 heteroatoms. The van der Waals surface area contributed by atoms with Crippen LogP contribution in [0.25, 0.3) is 0 Å². The first-order valence-corrected chi connectivity index (χ1v) is 7.23. The van der Waals surface area contributed by atoms with Crippen LogP contribution in [0.4, 0.5) is 0 Å². The minimum absolute atomic E-state index is 0.00562. The van der Waals surface area contributed by atoms with Crippen molar-refractivity contribution in [2.24, 2.45) is 0 Å². The molecule has 2 rings (SSSR count). The topological polar surface area (TPSA) is 63.6 Å². The molecule has 1 N–H and O–H groups in total. The zero-order chi connectivity index (χ0) is 14.0. The Morgan fingerprint density at radius 3 is 2.37 bits per heavy atom. The van der Waals surface area contributed by atoms with Crippen LogP contribution >= 0.6 is 23.2 Å². The van der Waals surface area contributed by atoms with Gasteiger partial charge in [0.1, 0.15) is 16.4 Å². The maximum Gasteiger partial charge on any atom is 0.339 e. The zero-order valence-electron chi connectivity index (χ0n) is 9.38. The van der Waals surface area contributed by atoms with E-state index in [0.717, 1.165) is 0 Å². The molecule has 0 radical (unpaired) electrons. The van der Waals surface area contributed by atoms with Crippen LogP contribution in [0, 0.1) is 0 Å². The zero-order valence-corrected chi connectivity index (χ0v) is 11.7. The van der Waals surface area contributed by atoms with Crippen LogP contribution in [-0.4, -0.2) is 13.5 Å². The van der Waals surface area contributed by atoms with Crippen molar-refractivity contribution in [2.75, 3.05) is 0 Å². The molecule has 4 nitrogen and oxygen atoms in total. The van der Waals surface area contributed by atoms with Gasteiger partial charge in [0, 0.05) is 6.07 Å². The molecule has 0 atom stereocenters. The smallest absolute Gasteiger partial charge is 0.339 e. The van der Waals surface area contributed by atoms with Crippen LogP contribution in [0.15, 0.2) is 47.4 Å². The fraction of sp³-hybridized carbons (Fsp3) is 0. The van der Waals surface area contributed by atoms with Gasteiger partial charge in [-0.3, -0.25) is 0 Å². The molecule has 0 saturated carbocycles. The fourth-order valence-electron chi connectivity index (χ4n) is 1.34. The van der Waals surface area contributed by atoms with E-state index in [-0.39, 0.29) is 26.4 Å². The van der Waals surface area contributed by atoms with E-state index < -0.39 is 10.1 Å². The molecule has 19 heavy (non-hydrogen) atoms. The average molecular weight is 319 g/mol. The Balaban J connectivity index is 2.35. The first-order chi connectivity index (χ1) is 8.88. The normalized spacial score (nSPS) is 11.3. The molecule has 0 heterocycles. The van der Waals surface area contributed by atoms with Crippen LogP contribution < -0.4 is 4.18 Å². The van der Waals surface area contributed by atoms with E-state index in [0.29, 0.717) is 0 Å². The largest absolute Gasteiger partial charge is 0.508 e. The standard InChI is InChI=1S/C12H8Cl2O4S/c13-11-5-4-10(7-12(11)14)19(16,17)18-9-3-1-2-8(15)6-9/h1-7,15H. The summed E-state index contributed by atoms with van der Waals surface area (Å²) < 4.78 is 28.8. The van der Waals surface area contributed by atoms with Crippen molar-refractivity contribution in [1.29, 1.82) is 0 Å². The highest BCUT2D eigenvalue weighted by molar-refractivity contribution is 7.87. The first kappa shape index (κ1) is 14.0. The molecule has 0 aromatic heterocycles. The lowest BCUT2D eigenvalue weighted by atomic mass is 10.3. The van der Waals surface area contributed by atoms with Crippen LogP contribution in [0.2, 0.25) is 10.0 Å². The molecule has 0 unspecified atom stereocenters. The summed E-state index contributed by atoms with van der Waals surface area (Å²) >= 11 is 11.5. The molecule has 0 aliphatic heterocycles. The van der Waals surface area contributed by atoms with Crippen molar-refractivity contribution in [3.63, 3.8) is 0 Å². The molecular weight excluding hydrogens is 311 g/mol. The maximum atomic E-state index is 12.0. The monoisotopic (exact) mass is 318 g/mol. The third kappa shape index (κ3) is 3.32. The van der Waals surface area contributed by atoms with E-state index in [9.17, 15) is 13.5 Å². The van der Waals surface area contributed by atoms with Gasteiger partial charge in [0.05, 0.1) is 10.0 Å². The Bertz CT molecular complexity index is 713. The van der Waals surface area contributed by atoms with Gasteiger partial charge in [0.25, 0.3) is 0 Å². The predicted molar refractivity (Wildman–Crippen MR) is 72.4 cm³/mol. The SMILES string of the molecule is O=S(=O)(Oc1cccc(O)c1)c1ccc(Cl)c(Cl)c1. The molecular formula is C12H8Cl2O4S. The number of rotatable bonds is 3. The molecule has 2 aromatic rings. The summed E-state index contributed by atoms with van der Waals surface area (Å²) in [6.07, 6.45) is 0. The third-order valence-corrected chi connectivity index (χ3v) is 4.19. The predicted octanol–water partition coefficient (Wildman–Crippen LogP) is 3.47. The number of phenolic OH excluding ortho intramolecular Hbond substituents is 1. The first-order valence-electron chi connectivity index (χ1n) is 5.07. The Labute approximate surface area is 120 Å². The van der Waals surface area contributed by atoms with Gasteiger partial charge in [-0.1, -0.05) is 29.3 Å². The Kier molecular flexibility index (Phi) is 3.89. The second kappa shape index (κ2) is 5.28. The lowest BCUT2D eigenvalue weighted by Gasteiger charge is -2.07. The van der Waals surface area contributed by atoms with E-state index in [1.54, 1.807) is 0 Å². The van der Waals surface area contributed by atoms with Crippen LogP contribution in [-0.2, 0) is 10.1 Å². The Morgan fingerprint density at radius 2 is 1.74 bits per heavy atom. The Hall–Kier alpha value is -1.43. The highest BCUT2D eigenvalue weighted by atomic mass is 35.5. The van der Waals surface area contributed by atoms with Gasteiger partial charge < -0.3 is 9.29 Å². The maximum absolute atomic E-state index is 12.0. The quantitative estimate of drug-likeness (QED) is 0.880. The number of aromatic hydroxyl groups is 1. The second-order valence-electron chi connectivity index (χ2n) is 3.61. The van der Waals surface area contributed by atoms with E-state index in [1.807, 2.05) is 0 Å². The summed E-state index contributed by atoms with van der Waals surface area (Å²) in [5.74, 6) is -0.0899. The van der Waals surface area contributed by atoms with E-state index in [1.165, 1.54) is 42.5 Å². The third-order valence-electron chi connectivity index (χ3n) is 2.20. The van der Waals surface area contributed by atoms with Gasteiger partial charge in [-0.25, -0.2) is 0 Å². The second-order valence-corrected chi connectivity index (χ2v) is 5.97. The van der Waals surface area contributed by atoms with Gasteiger partial charge >= 0.3 is 10.1 Å². The van der Waals surface area contributed by atoms with Gasteiger partial charge in [-0.15, -0.1) is 0 Å². The summed E-state index contributed by atoms with van der Waals surface area (Å²) in [4.78, 5) is -0.120. The van der Waals surface area contributed by atoms with Gasteiger partial charge in [0.2, 0.25) is 0 Å². The molecule has 0 aliphatic carbocycles. The molecule has 0 fully saturated rings. The molecule has 0 spiro atoms. The summed E-state index contributed by atoms with van der Waals surface area (Å²) in [6.45, 7) is 0.